The molecule has 140 valence electrons. The van der Waals surface area contributed by atoms with Gasteiger partial charge in [0.25, 0.3) is 0 Å². The van der Waals surface area contributed by atoms with E-state index < -0.39 is 7.82 Å². The smallest absolute Gasteiger partial charge is 0.231 e. The summed E-state index contributed by atoms with van der Waals surface area (Å²) in [6, 6.07) is 9.40. The molecule has 0 unspecified atom stereocenters. The molecule has 0 bridgehead atoms. The van der Waals surface area contributed by atoms with E-state index >= 15 is 0 Å². The number of hydrogen-bond acceptors (Lipinski definition) is 9. The number of aromatic nitrogens is 1. The molecule has 0 saturated heterocycles. The fourth-order valence-corrected chi connectivity index (χ4v) is 3.12. The van der Waals surface area contributed by atoms with Crippen LogP contribution in [0.25, 0.3) is 22.5 Å². The minimum Gasteiger partial charge on any atom is -0.780 e. The number of methoxy groups -OCH3 is 1. The predicted molar refractivity (Wildman–Crippen MR) is 88.3 cm³/mol. The van der Waals surface area contributed by atoms with Crippen LogP contribution in [0.4, 0.5) is 0 Å². The number of benzene rings is 2. The predicted octanol–water partition coefficient (Wildman–Crippen LogP) is 1.95. The van der Waals surface area contributed by atoms with E-state index in [0.717, 1.165) is 0 Å². The van der Waals surface area contributed by atoms with Crippen molar-refractivity contribution in [2.75, 3.05) is 13.9 Å². The summed E-state index contributed by atoms with van der Waals surface area (Å²) in [6.45, 7) is 0.100. The molecule has 0 atom stereocenters. The van der Waals surface area contributed by atoms with E-state index in [0.29, 0.717) is 39.7 Å². The zero-order chi connectivity index (χ0) is 19.0. The molecule has 10 heteroatoms. The van der Waals surface area contributed by atoms with Crippen molar-refractivity contribution in [1.82, 2.24) is 5.16 Å². The molecule has 0 N–H and O–H groups in total. The van der Waals surface area contributed by atoms with Crippen LogP contribution in [-0.2, 0) is 4.57 Å². The maximum atomic E-state index is 10.7. The number of rotatable bonds is 5. The summed E-state index contributed by atoms with van der Waals surface area (Å²) in [5.74, 6) is 1.92. The van der Waals surface area contributed by atoms with Gasteiger partial charge in [-0.15, -0.1) is 0 Å². The molecule has 9 nitrogen and oxygen atoms in total. The SMILES string of the molecule is COc1cc(-c2oncc2-c2ccc(OP(=O)([O-])[O-])cc2)cc2c1OCO2. The van der Waals surface area contributed by atoms with E-state index in [-0.39, 0.29) is 12.5 Å². The molecular weight excluding hydrogens is 377 g/mol. The van der Waals surface area contributed by atoms with Gasteiger partial charge in [-0.05, 0) is 29.8 Å². The van der Waals surface area contributed by atoms with Crippen LogP contribution in [0.15, 0.2) is 47.1 Å². The second-order valence-corrected chi connectivity index (χ2v) is 6.62. The first kappa shape index (κ1) is 17.4. The minimum absolute atomic E-state index is 0.0742. The molecule has 0 aliphatic carbocycles. The summed E-state index contributed by atoms with van der Waals surface area (Å²) in [6.07, 6.45) is 1.52. The van der Waals surface area contributed by atoms with Gasteiger partial charge >= 0.3 is 0 Å². The largest absolute Gasteiger partial charge is 0.780 e. The Hall–Kier alpha value is -3.00. The molecule has 3 aromatic rings. The van der Waals surface area contributed by atoms with Crippen LogP contribution in [0.3, 0.4) is 0 Å². The minimum atomic E-state index is -5.11. The van der Waals surface area contributed by atoms with Gasteiger partial charge in [0.05, 0.1) is 13.3 Å². The Morgan fingerprint density at radius 1 is 1.11 bits per heavy atom. The maximum absolute atomic E-state index is 10.7. The first-order chi connectivity index (χ1) is 12.9. The number of phosphoric ester groups is 1. The van der Waals surface area contributed by atoms with Crippen LogP contribution >= 0.6 is 7.82 Å². The third kappa shape index (κ3) is 3.48. The Balaban J connectivity index is 1.71. The third-order valence-electron chi connectivity index (χ3n) is 3.87. The molecule has 2 heterocycles. The van der Waals surface area contributed by atoms with Gasteiger partial charge in [-0.1, -0.05) is 17.3 Å². The number of ether oxygens (including phenoxy) is 3. The molecule has 0 fully saturated rings. The molecule has 1 aliphatic heterocycles. The first-order valence-corrected chi connectivity index (χ1v) is 9.15. The summed E-state index contributed by atoms with van der Waals surface area (Å²) in [5, 5.41) is 3.84. The van der Waals surface area contributed by atoms with Crippen molar-refractivity contribution in [3.8, 4) is 45.4 Å². The summed E-state index contributed by atoms with van der Waals surface area (Å²) in [5.41, 5.74) is 1.99. The van der Waals surface area contributed by atoms with Crippen molar-refractivity contribution in [3.63, 3.8) is 0 Å². The zero-order valence-electron chi connectivity index (χ0n) is 13.9. The normalized spacial score (nSPS) is 12.9. The third-order valence-corrected chi connectivity index (χ3v) is 4.31. The second kappa shape index (κ2) is 6.62. The second-order valence-electron chi connectivity index (χ2n) is 5.54. The summed E-state index contributed by atoms with van der Waals surface area (Å²) < 4.78 is 36.6. The molecule has 0 amide bonds. The molecule has 27 heavy (non-hydrogen) atoms. The Labute approximate surface area is 153 Å². The lowest BCUT2D eigenvalue weighted by atomic mass is 10.0. The van der Waals surface area contributed by atoms with E-state index in [9.17, 15) is 14.4 Å². The molecule has 1 aromatic heterocycles. The highest BCUT2D eigenvalue weighted by Crippen LogP contribution is 2.45. The number of hydrogen-bond donors (Lipinski definition) is 0. The van der Waals surface area contributed by atoms with Crippen molar-refractivity contribution in [1.29, 1.82) is 0 Å². The van der Waals surface area contributed by atoms with Crippen LogP contribution in [0, 0.1) is 0 Å². The Kier molecular flexibility index (Phi) is 4.27. The van der Waals surface area contributed by atoms with E-state index in [4.69, 9.17) is 18.7 Å². The highest BCUT2D eigenvalue weighted by molar-refractivity contribution is 7.43. The zero-order valence-corrected chi connectivity index (χ0v) is 14.8. The van der Waals surface area contributed by atoms with E-state index in [1.54, 1.807) is 24.3 Å². The molecule has 0 radical (unpaired) electrons. The van der Waals surface area contributed by atoms with Gasteiger partial charge in [-0.25, -0.2) is 0 Å². The van der Waals surface area contributed by atoms with Gasteiger partial charge in [0.1, 0.15) is 13.6 Å². The lowest BCUT2D eigenvalue weighted by Crippen LogP contribution is -2.18. The number of nitrogens with zero attached hydrogens (tertiary/aromatic N) is 1. The van der Waals surface area contributed by atoms with Crippen molar-refractivity contribution in [2.45, 2.75) is 0 Å². The van der Waals surface area contributed by atoms with Crippen molar-refractivity contribution in [2.24, 2.45) is 0 Å². The Morgan fingerprint density at radius 3 is 2.59 bits per heavy atom. The van der Waals surface area contributed by atoms with Gasteiger partial charge in [0, 0.05) is 11.1 Å². The summed E-state index contributed by atoms with van der Waals surface area (Å²) >= 11 is 0. The van der Waals surface area contributed by atoms with Crippen LogP contribution in [0.5, 0.6) is 23.0 Å². The van der Waals surface area contributed by atoms with E-state index in [1.807, 2.05) is 0 Å². The average molecular weight is 389 g/mol. The van der Waals surface area contributed by atoms with E-state index in [1.165, 1.54) is 25.4 Å². The van der Waals surface area contributed by atoms with Gasteiger partial charge in [0.2, 0.25) is 12.5 Å². The monoisotopic (exact) mass is 389 g/mol. The van der Waals surface area contributed by atoms with E-state index in [2.05, 4.69) is 9.68 Å². The van der Waals surface area contributed by atoms with Crippen molar-refractivity contribution >= 4 is 7.82 Å². The summed E-state index contributed by atoms with van der Waals surface area (Å²) in [4.78, 5) is 21.4. The van der Waals surface area contributed by atoms with Crippen LogP contribution in [-0.4, -0.2) is 19.1 Å². The molecule has 2 aromatic carbocycles. The Morgan fingerprint density at radius 2 is 1.89 bits per heavy atom. The van der Waals surface area contributed by atoms with Crippen molar-refractivity contribution in [3.05, 3.63) is 42.6 Å². The average Bonchev–Trinajstić information content (AvgIpc) is 3.29. The standard InChI is InChI=1S/C17H14NO8P/c1-22-14-6-11(7-15-17(14)24-9-23-15)16-13(8-18-25-16)10-2-4-12(5-3-10)26-27(19,20)21/h2-8H,9H2,1H3,(H2,19,20,21)/p-2. The van der Waals surface area contributed by atoms with Gasteiger partial charge < -0.3 is 37.6 Å². The molecule has 1 aliphatic rings. The van der Waals surface area contributed by atoms with Crippen molar-refractivity contribution < 1.29 is 37.6 Å². The summed E-state index contributed by atoms with van der Waals surface area (Å²) in [7, 11) is -3.59. The van der Waals surface area contributed by atoms with Crippen LogP contribution < -0.4 is 28.5 Å². The molecule has 0 spiro atoms. The molecule has 4 rings (SSSR count). The number of fused-ring (bicyclic) bond motifs is 1. The Bertz CT molecular complexity index is 1020. The highest BCUT2D eigenvalue weighted by atomic mass is 31.2. The fraction of sp³-hybridized carbons (Fsp3) is 0.118. The lowest BCUT2D eigenvalue weighted by molar-refractivity contribution is -0.333. The van der Waals surface area contributed by atoms with Gasteiger partial charge in [0.15, 0.2) is 17.3 Å². The molecule has 0 saturated carbocycles. The number of phosphoric acid groups is 1. The fourth-order valence-electron chi connectivity index (χ4n) is 2.74. The first-order valence-electron chi connectivity index (χ1n) is 7.69. The molecular formula is C17H12NO8P-2. The quantitative estimate of drug-likeness (QED) is 0.602. The van der Waals surface area contributed by atoms with Crippen LogP contribution in [0.1, 0.15) is 0 Å². The van der Waals surface area contributed by atoms with Crippen LogP contribution in [0.2, 0.25) is 0 Å². The topological polar surface area (TPSA) is 126 Å². The lowest BCUT2D eigenvalue weighted by Gasteiger charge is -2.28. The maximum Gasteiger partial charge on any atom is 0.231 e. The highest BCUT2D eigenvalue weighted by Gasteiger charge is 2.23. The van der Waals surface area contributed by atoms with Gasteiger partial charge in [-0.2, -0.15) is 0 Å². The van der Waals surface area contributed by atoms with Gasteiger partial charge in [-0.3, -0.25) is 0 Å².